The summed E-state index contributed by atoms with van der Waals surface area (Å²) in [6.45, 7) is 1.78. The molecule has 0 aliphatic carbocycles. The van der Waals surface area contributed by atoms with Crippen LogP contribution in [0, 0.1) is 0 Å². The highest BCUT2D eigenvalue weighted by molar-refractivity contribution is 5.97. The van der Waals surface area contributed by atoms with Crippen LogP contribution in [0.25, 0.3) is 11.0 Å². The van der Waals surface area contributed by atoms with E-state index in [2.05, 4.69) is 0 Å². The molecule has 1 aliphatic heterocycles. The predicted molar refractivity (Wildman–Crippen MR) is 61.4 cm³/mol. The van der Waals surface area contributed by atoms with Crippen LogP contribution in [0.4, 0.5) is 0 Å². The van der Waals surface area contributed by atoms with Crippen LogP contribution >= 0.6 is 0 Å². The standard InChI is InChI=1S/C13H13NO2/c15-13(14-6-1-2-7-14)11-3-4-12-10(9-11)5-8-16-12/h3-5,8-9H,1-2,6-7H2. The van der Waals surface area contributed by atoms with Crippen LogP contribution in [0.3, 0.4) is 0 Å². The van der Waals surface area contributed by atoms with Gasteiger partial charge in [0.15, 0.2) is 0 Å². The summed E-state index contributed by atoms with van der Waals surface area (Å²) >= 11 is 0. The Morgan fingerprint density at radius 2 is 2.00 bits per heavy atom. The van der Waals surface area contributed by atoms with Gasteiger partial charge in [0.2, 0.25) is 0 Å². The lowest BCUT2D eigenvalue weighted by Crippen LogP contribution is -2.27. The maximum absolute atomic E-state index is 12.1. The van der Waals surface area contributed by atoms with E-state index in [1.165, 1.54) is 0 Å². The van der Waals surface area contributed by atoms with Crippen molar-refractivity contribution < 1.29 is 9.21 Å². The molecule has 3 nitrogen and oxygen atoms in total. The second-order valence-electron chi connectivity index (χ2n) is 4.17. The summed E-state index contributed by atoms with van der Waals surface area (Å²) in [7, 11) is 0. The van der Waals surface area contributed by atoms with Crippen molar-refractivity contribution in [3.05, 3.63) is 36.1 Å². The number of likely N-dealkylation sites (tertiary alicyclic amines) is 1. The Morgan fingerprint density at radius 3 is 2.81 bits per heavy atom. The van der Waals surface area contributed by atoms with Gasteiger partial charge in [-0.25, -0.2) is 0 Å². The molecule has 0 unspecified atom stereocenters. The molecule has 1 aromatic carbocycles. The maximum atomic E-state index is 12.1. The van der Waals surface area contributed by atoms with Gasteiger partial charge in [0.25, 0.3) is 5.91 Å². The first-order valence-electron chi connectivity index (χ1n) is 5.61. The van der Waals surface area contributed by atoms with Crippen molar-refractivity contribution in [1.82, 2.24) is 4.90 Å². The lowest BCUT2D eigenvalue weighted by molar-refractivity contribution is 0.0793. The first-order valence-corrected chi connectivity index (χ1v) is 5.61. The molecule has 3 rings (SSSR count). The van der Waals surface area contributed by atoms with E-state index >= 15 is 0 Å². The minimum atomic E-state index is 0.139. The highest BCUT2D eigenvalue weighted by Crippen LogP contribution is 2.19. The molecule has 3 heteroatoms. The zero-order valence-electron chi connectivity index (χ0n) is 8.98. The Labute approximate surface area is 93.6 Å². The minimum Gasteiger partial charge on any atom is -0.464 e. The van der Waals surface area contributed by atoms with E-state index in [4.69, 9.17) is 4.42 Å². The molecule has 0 spiro atoms. The Kier molecular flexibility index (Phi) is 2.17. The number of nitrogens with zero attached hydrogens (tertiary/aromatic N) is 1. The number of amides is 1. The van der Waals surface area contributed by atoms with Gasteiger partial charge in [-0.15, -0.1) is 0 Å². The van der Waals surface area contributed by atoms with Gasteiger partial charge < -0.3 is 9.32 Å². The number of carbonyl (C=O) groups is 1. The quantitative estimate of drug-likeness (QED) is 0.732. The van der Waals surface area contributed by atoms with Gasteiger partial charge in [0.05, 0.1) is 6.26 Å². The summed E-state index contributed by atoms with van der Waals surface area (Å²) in [5, 5.41) is 0.991. The van der Waals surface area contributed by atoms with Gasteiger partial charge in [0, 0.05) is 24.0 Å². The van der Waals surface area contributed by atoms with Gasteiger partial charge >= 0.3 is 0 Å². The fourth-order valence-corrected chi connectivity index (χ4v) is 2.20. The summed E-state index contributed by atoms with van der Waals surface area (Å²) < 4.78 is 5.25. The fourth-order valence-electron chi connectivity index (χ4n) is 2.20. The molecular weight excluding hydrogens is 202 g/mol. The van der Waals surface area contributed by atoms with Gasteiger partial charge in [0.1, 0.15) is 5.58 Å². The lowest BCUT2D eigenvalue weighted by atomic mass is 10.1. The number of benzene rings is 1. The van der Waals surface area contributed by atoms with Crippen molar-refractivity contribution >= 4 is 16.9 Å². The first kappa shape index (κ1) is 9.46. The van der Waals surface area contributed by atoms with Crippen LogP contribution in [0.5, 0.6) is 0 Å². The molecule has 1 amide bonds. The molecule has 1 aliphatic rings. The highest BCUT2D eigenvalue weighted by atomic mass is 16.3. The molecule has 1 saturated heterocycles. The molecule has 0 saturated carbocycles. The van der Waals surface area contributed by atoms with Crippen LogP contribution < -0.4 is 0 Å². The average molecular weight is 215 g/mol. The van der Waals surface area contributed by atoms with Crippen LogP contribution in [-0.4, -0.2) is 23.9 Å². The van der Waals surface area contributed by atoms with Gasteiger partial charge in [-0.1, -0.05) is 0 Å². The summed E-state index contributed by atoms with van der Waals surface area (Å²) in [6, 6.07) is 7.49. The Balaban J connectivity index is 1.95. The van der Waals surface area contributed by atoms with Crippen molar-refractivity contribution in [2.75, 3.05) is 13.1 Å². The zero-order chi connectivity index (χ0) is 11.0. The van der Waals surface area contributed by atoms with Gasteiger partial charge in [-0.3, -0.25) is 4.79 Å². The summed E-state index contributed by atoms with van der Waals surface area (Å²) in [4.78, 5) is 14.0. The minimum absolute atomic E-state index is 0.139. The molecule has 2 heterocycles. The van der Waals surface area contributed by atoms with E-state index in [0.717, 1.165) is 42.5 Å². The van der Waals surface area contributed by atoms with Crippen LogP contribution in [0.15, 0.2) is 34.9 Å². The van der Waals surface area contributed by atoms with Crippen molar-refractivity contribution in [3.8, 4) is 0 Å². The SMILES string of the molecule is O=C(c1ccc2occc2c1)N1CCCC1. The van der Waals surface area contributed by atoms with E-state index < -0.39 is 0 Å². The van der Waals surface area contributed by atoms with E-state index in [1.807, 2.05) is 29.2 Å². The highest BCUT2D eigenvalue weighted by Gasteiger charge is 2.19. The zero-order valence-corrected chi connectivity index (χ0v) is 8.98. The maximum Gasteiger partial charge on any atom is 0.253 e. The predicted octanol–water partition coefficient (Wildman–Crippen LogP) is 2.67. The van der Waals surface area contributed by atoms with Gasteiger partial charge in [-0.05, 0) is 37.1 Å². The van der Waals surface area contributed by atoms with E-state index in [9.17, 15) is 4.79 Å². The molecule has 16 heavy (non-hydrogen) atoms. The number of fused-ring (bicyclic) bond motifs is 1. The second-order valence-corrected chi connectivity index (χ2v) is 4.17. The van der Waals surface area contributed by atoms with Crippen molar-refractivity contribution in [1.29, 1.82) is 0 Å². The largest absolute Gasteiger partial charge is 0.464 e. The van der Waals surface area contributed by atoms with Crippen LogP contribution in [0.1, 0.15) is 23.2 Å². The third-order valence-corrected chi connectivity index (χ3v) is 3.09. The Bertz CT molecular complexity index is 523. The number of carbonyl (C=O) groups excluding carboxylic acids is 1. The average Bonchev–Trinajstić information content (AvgIpc) is 2.98. The summed E-state index contributed by atoms with van der Waals surface area (Å²) in [6.07, 6.45) is 3.90. The molecule has 0 radical (unpaired) electrons. The Hall–Kier alpha value is -1.77. The van der Waals surface area contributed by atoms with E-state index in [-0.39, 0.29) is 5.91 Å². The third-order valence-electron chi connectivity index (χ3n) is 3.09. The molecule has 2 aromatic rings. The smallest absolute Gasteiger partial charge is 0.253 e. The molecule has 82 valence electrons. The van der Waals surface area contributed by atoms with E-state index in [0.29, 0.717) is 0 Å². The van der Waals surface area contributed by atoms with Crippen LogP contribution in [0.2, 0.25) is 0 Å². The summed E-state index contributed by atoms with van der Waals surface area (Å²) in [5.41, 5.74) is 1.59. The molecule has 0 atom stereocenters. The molecule has 1 fully saturated rings. The number of hydrogen-bond donors (Lipinski definition) is 0. The molecule has 1 aromatic heterocycles. The number of furan rings is 1. The van der Waals surface area contributed by atoms with Crippen LogP contribution in [-0.2, 0) is 0 Å². The topological polar surface area (TPSA) is 33.5 Å². The fraction of sp³-hybridized carbons (Fsp3) is 0.308. The second kappa shape index (κ2) is 3.67. The number of rotatable bonds is 1. The number of hydrogen-bond acceptors (Lipinski definition) is 2. The first-order chi connectivity index (χ1) is 7.84. The lowest BCUT2D eigenvalue weighted by Gasteiger charge is -2.14. The Morgan fingerprint density at radius 1 is 1.19 bits per heavy atom. The molecular formula is C13H13NO2. The van der Waals surface area contributed by atoms with Gasteiger partial charge in [-0.2, -0.15) is 0 Å². The normalized spacial score (nSPS) is 15.9. The summed E-state index contributed by atoms with van der Waals surface area (Å²) in [5.74, 6) is 0.139. The van der Waals surface area contributed by atoms with Crippen molar-refractivity contribution in [2.45, 2.75) is 12.8 Å². The van der Waals surface area contributed by atoms with E-state index in [1.54, 1.807) is 6.26 Å². The molecule has 0 bridgehead atoms. The molecule has 0 N–H and O–H groups in total. The van der Waals surface area contributed by atoms with Crippen molar-refractivity contribution in [2.24, 2.45) is 0 Å². The monoisotopic (exact) mass is 215 g/mol. The third kappa shape index (κ3) is 1.48. The van der Waals surface area contributed by atoms with Crippen molar-refractivity contribution in [3.63, 3.8) is 0 Å².